The monoisotopic (exact) mass is 511 g/mol. The van der Waals surface area contributed by atoms with E-state index in [1.165, 1.54) is 30.1 Å². The van der Waals surface area contributed by atoms with Crippen LogP contribution in [0.15, 0.2) is 78.9 Å². The highest BCUT2D eigenvalue weighted by atomic mass is 32.2. The summed E-state index contributed by atoms with van der Waals surface area (Å²) in [6.45, 7) is 1.44. The molecule has 36 heavy (non-hydrogen) atoms. The average Bonchev–Trinajstić information content (AvgIpc) is 2.85. The molecule has 0 unspecified atom stereocenters. The molecule has 1 N–H and O–H groups in total. The Kier molecular flexibility index (Phi) is 8.82. The predicted molar refractivity (Wildman–Crippen MR) is 138 cm³/mol. The van der Waals surface area contributed by atoms with Crippen molar-refractivity contribution in [1.82, 2.24) is 10.2 Å². The molecule has 0 aromatic heterocycles. The quantitative estimate of drug-likeness (QED) is 0.453. The van der Waals surface area contributed by atoms with E-state index >= 15 is 0 Å². The highest BCUT2D eigenvalue weighted by molar-refractivity contribution is 7.92. The van der Waals surface area contributed by atoms with Crippen molar-refractivity contribution in [3.8, 4) is 0 Å². The van der Waals surface area contributed by atoms with Crippen LogP contribution in [-0.2, 0) is 32.6 Å². The zero-order chi connectivity index (χ0) is 26.3. The highest BCUT2D eigenvalue weighted by Crippen LogP contribution is 2.21. The molecule has 0 saturated carbocycles. The largest absolute Gasteiger partial charge is 0.357 e. The van der Waals surface area contributed by atoms with Gasteiger partial charge in [-0.2, -0.15) is 0 Å². The fraction of sp³-hybridized carbons (Fsp3) is 0.259. The molecule has 7 nitrogen and oxygen atoms in total. The summed E-state index contributed by atoms with van der Waals surface area (Å²) >= 11 is 0. The number of nitrogens with zero attached hydrogens (tertiary/aromatic N) is 2. The Morgan fingerprint density at radius 1 is 0.944 bits per heavy atom. The van der Waals surface area contributed by atoms with Gasteiger partial charge in [0.1, 0.15) is 18.4 Å². The summed E-state index contributed by atoms with van der Waals surface area (Å²) < 4.78 is 39.9. The Morgan fingerprint density at radius 3 is 2.19 bits per heavy atom. The fourth-order valence-electron chi connectivity index (χ4n) is 3.86. The summed E-state index contributed by atoms with van der Waals surface area (Å²) in [7, 11) is -2.44. The van der Waals surface area contributed by atoms with E-state index < -0.39 is 34.3 Å². The molecule has 0 aliphatic rings. The van der Waals surface area contributed by atoms with E-state index in [-0.39, 0.29) is 24.6 Å². The van der Waals surface area contributed by atoms with Gasteiger partial charge in [-0.15, -0.1) is 0 Å². The van der Waals surface area contributed by atoms with Gasteiger partial charge in [0.05, 0.1) is 11.9 Å². The second kappa shape index (κ2) is 11.8. The molecule has 1 atom stereocenters. The van der Waals surface area contributed by atoms with E-state index in [1.807, 2.05) is 61.5 Å². The first kappa shape index (κ1) is 26.9. The maximum atomic E-state index is 13.9. The second-order valence-electron chi connectivity index (χ2n) is 8.58. The van der Waals surface area contributed by atoms with Crippen LogP contribution >= 0.6 is 0 Å². The molecule has 3 rings (SSSR count). The van der Waals surface area contributed by atoms with Gasteiger partial charge in [0.2, 0.25) is 21.8 Å². The lowest BCUT2D eigenvalue weighted by atomic mass is 10.0. The number of nitrogens with one attached hydrogen (secondary N) is 1. The molecular formula is C27H30FN3O4S. The van der Waals surface area contributed by atoms with Gasteiger partial charge < -0.3 is 10.2 Å². The molecule has 2 amide bonds. The number of aryl methyl sites for hydroxylation is 1. The first-order chi connectivity index (χ1) is 17.1. The third-order valence-electron chi connectivity index (χ3n) is 5.77. The molecular weight excluding hydrogens is 481 g/mol. The molecule has 3 aromatic carbocycles. The zero-order valence-corrected chi connectivity index (χ0v) is 21.3. The van der Waals surface area contributed by atoms with Crippen molar-refractivity contribution in [1.29, 1.82) is 0 Å². The summed E-state index contributed by atoms with van der Waals surface area (Å²) in [5.41, 5.74) is 2.70. The second-order valence-corrected chi connectivity index (χ2v) is 10.5. The van der Waals surface area contributed by atoms with Crippen LogP contribution in [0.1, 0.15) is 16.7 Å². The van der Waals surface area contributed by atoms with Crippen LogP contribution in [0.25, 0.3) is 0 Å². The number of rotatable bonds is 10. The predicted octanol–water partition coefficient (Wildman–Crippen LogP) is 3.29. The lowest BCUT2D eigenvalue weighted by Gasteiger charge is -2.33. The Hall–Kier alpha value is -3.72. The fourth-order valence-corrected chi connectivity index (χ4v) is 4.70. The third-order valence-corrected chi connectivity index (χ3v) is 6.91. The summed E-state index contributed by atoms with van der Waals surface area (Å²) in [5, 5.41) is 2.62. The van der Waals surface area contributed by atoms with Gasteiger partial charge in [0.15, 0.2) is 0 Å². The Bertz CT molecular complexity index is 1300. The topological polar surface area (TPSA) is 86.8 Å². The Balaban J connectivity index is 2.01. The van der Waals surface area contributed by atoms with E-state index in [1.54, 1.807) is 0 Å². The van der Waals surface area contributed by atoms with Gasteiger partial charge in [0, 0.05) is 20.0 Å². The van der Waals surface area contributed by atoms with Gasteiger partial charge >= 0.3 is 0 Å². The van der Waals surface area contributed by atoms with Crippen molar-refractivity contribution in [2.75, 3.05) is 24.2 Å². The molecule has 0 bridgehead atoms. The lowest BCUT2D eigenvalue weighted by molar-refractivity contribution is -0.139. The van der Waals surface area contributed by atoms with Crippen molar-refractivity contribution < 1.29 is 22.4 Å². The Labute approximate surface area is 211 Å². The molecule has 190 valence electrons. The molecule has 0 aliphatic heterocycles. The number of amides is 2. The first-order valence-electron chi connectivity index (χ1n) is 11.4. The first-order valence-corrected chi connectivity index (χ1v) is 13.3. The molecule has 0 aliphatic carbocycles. The van der Waals surface area contributed by atoms with Crippen molar-refractivity contribution >= 4 is 27.5 Å². The van der Waals surface area contributed by atoms with Crippen LogP contribution in [0, 0.1) is 12.7 Å². The summed E-state index contributed by atoms with van der Waals surface area (Å²) in [6, 6.07) is 20.9. The number of hydrogen-bond donors (Lipinski definition) is 1. The normalized spacial score (nSPS) is 12.0. The zero-order valence-electron chi connectivity index (χ0n) is 20.5. The summed E-state index contributed by atoms with van der Waals surface area (Å²) in [5.74, 6) is -1.59. The minimum absolute atomic E-state index is 0.0284. The highest BCUT2D eigenvalue weighted by Gasteiger charge is 2.32. The minimum Gasteiger partial charge on any atom is -0.357 e. The van der Waals surface area contributed by atoms with Crippen molar-refractivity contribution in [2.45, 2.75) is 25.9 Å². The van der Waals surface area contributed by atoms with Crippen LogP contribution in [-0.4, -0.2) is 51.0 Å². The van der Waals surface area contributed by atoms with Crippen LogP contribution in [0.5, 0.6) is 0 Å². The SMILES string of the molecule is CNC(=O)[C@@H](Cc1ccccc1)N(Cc1ccc(C)cc1)C(=O)CN(c1cccc(F)c1)S(C)(=O)=O. The van der Waals surface area contributed by atoms with E-state index in [2.05, 4.69) is 5.32 Å². The minimum atomic E-state index is -3.93. The smallest absolute Gasteiger partial charge is 0.244 e. The summed E-state index contributed by atoms with van der Waals surface area (Å²) in [6.07, 6.45) is 1.19. The van der Waals surface area contributed by atoms with E-state index in [0.717, 1.165) is 33.3 Å². The average molecular weight is 512 g/mol. The maximum absolute atomic E-state index is 13.9. The molecule has 0 spiro atoms. The van der Waals surface area contributed by atoms with Gasteiger partial charge in [-0.05, 0) is 36.2 Å². The number of benzene rings is 3. The lowest BCUT2D eigenvalue weighted by Crippen LogP contribution is -2.52. The molecule has 9 heteroatoms. The number of carbonyl (C=O) groups is 2. The maximum Gasteiger partial charge on any atom is 0.244 e. The number of hydrogen-bond acceptors (Lipinski definition) is 4. The van der Waals surface area contributed by atoms with Crippen molar-refractivity contribution in [2.24, 2.45) is 0 Å². The molecule has 0 heterocycles. The number of anilines is 1. The standard InChI is InChI=1S/C27H30FN3O4S/c1-20-12-14-22(15-13-20)18-30(25(27(33)29-2)16-21-8-5-4-6-9-21)26(32)19-31(36(3,34)35)24-11-7-10-23(28)17-24/h4-15,17,25H,16,18-19H2,1-3H3,(H,29,33)/t25-/m1/s1. The van der Waals surface area contributed by atoms with Crippen LogP contribution < -0.4 is 9.62 Å². The Morgan fingerprint density at radius 2 is 1.61 bits per heavy atom. The van der Waals surface area contributed by atoms with Crippen LogP contribution in [0.4, 0.5) is 10.1 Å². The van der Waals surface area contributed by atoms with E-state index in [9.17, 15) is 22.4 Å². The number of halogens is 1. The van der Waals surface area contributed by atoms with Gasteiger partial charge in [-0.3, -0.25) is 13.9 Å². The molecule has 0 saturated heterocycles. The van der Waals surface area contributed by atoms with Crippen molar-refractivity contribution in [3.05, 3.63) is 101 Å². The van der Waals surface area contributed by atoms with E-state index in [4.69, 9.17) is 0 Å². The van der Waals surface area contributed by atoms with Crippen molar-refractivity contribution in [3.63, 3.8) is 0 Å². The molecule has 0 fully saturated rings. The number of carbonyl (C=O) groups excluding carboxylic acids is 2. The molecule has 3 aromatic rings. The third kappa shape index (κ3) is 7.14. The van der Waals surface area contributed by atoms with Crippen LogP contribution in [0.3, 0.4) is 0 Å². The van der Waals surface area contributed by atoms with Gasteiger partial charge in [0.25, 0.3) is 0 Å². The number of sulfonamides is 1. The van der Waals surface area contributed by atoms with Gasteiger partial charge in [-0.1, -0.05) is 66.2 Å². The van der Waals surface area contributed by atoms with Crippen LogP contribution in [0.2, 0.25) is 0 Å². The molecule has 0 radical (unpaired) electrons. The number of likely N-dealkylation sites (N-methyl/N-ethyl adjacent to an activating group) is 1. The summed E-state index contributed by atoms with van der Waals surface area (Å²) in [4.78, 5) is 28.1. The van der Waals surface area contributed by atoms with E-state index in [0.29, 0.717) is 0 Å². The van der Waals surface area contributed by atoms with Gasteiger partial charge in [-0.25, -0.2) is 12.8 Å².